The third kappa shape index (κ3) is 3.77. The minimum atomic E-state index is -0.0770. The molecule has 4 heteroatoms. The van der Waals surface area contributed by atoms with Gasteiger partial charge in [0.2, 0.25) is 0 Å². The first-order chi connectivity index (χ1) is 9.19. The first-order valence-electron chi connectivity index (χ1n) is 6.28. The number of aliphatic hydroxyl groups is 1. The van der Waals surface area contributed by atoms with Gasteiger partial charge in [0.1, 0.15) is 11.5 Å². The third-order valence-corrected chi connectivity index (χ3v) is 2.79. The number of hydrogen-bond donors (Lipinski definition) is 2. The van der Waals surface area contributed by atoms with Gasteiger partial charge in [-0.1, -0.05) is 12.1 Å². The summed E-state index contributed by atoms with van der Waals surface area (Å²) in [4.78, 5) is 4.24. The van der Waals surface area contributed by atoms with Crippen LogP contribution in [0.4, 0.5) is 0 Å². The van der Waals surface area contributed by atoms with Crippen LogP contribution in [-0.2, 0) is 6.42 Å². The molecule has 3 N–H and O–H groups in total. The van der Waals surface area contributed by atoms with Gasteiger partial charge in [-0.25, -0.2) is 0 Å². The molecular formula is C15H18N2O2. The summed E-state index contributed by atoms with van der Waals surface area (Å²) >= 11 is 0. The van der Waals surface area contributed by atoms with E-state index in [0.717, 1.165) is 17.0 Å². The summed E-state index contributed by atoms with van der Waals surface area (Å²) in [7, 11) is 0. The average Bonchev–Trinajstić information content (AvgIpc) is 2.42. The highest BCUT2D eigenvalue weighted by Gasteiger charge is 2.02. The Morgan fingerprint density at radius 1 is 1.16 bits per heavy atom. The van der Waals surface area contributed by atoms with E-state index in [4.69, 9.17) is 15.6 Å². The zero-order chi connectivity index (χ0) is 13.7. The van der Waals surface area contributed by atoms with Gasteiger partial charge in [-0.3, -0.25) is 4.98 Å². The molecule has 0 aliphatic heterocycles. The lowest BCUT2D eigenvalue weighted by Gasteiger charge is -2.08. The van der Waals surface area contributed by atoms with E-state index in [2.05, 4.69) is 4.98 Å². The average molecular weight is 258 g/mol. The maximum atomic E-state index is 8.85. The fraction of sp³-hybridized carbons (Fsp3) is 0.267. The second kappa shape index (κ2) is 6.31. The van der Waals surface area contributed by atoms with E-state index in [-0.39, 0.29) is 12.6 Å². The summed E-state index contributed by atoms with van der Waals surface area (Å²) < 4.78 is 5.68. The molecule has 1 atom stereocenters. The van der Waals surface area contributed by atoms with Crippen LogP contribution in [0.2, 0.25) is 0 Å². The van der Waals surface area contributed by atoms with Crippen LogP contribution in [0, 0.1) is 0 Å². The van der Waals surface area contributed by atoms with Crippen molar-refractivity contribution in [2.45, 2.75) is 19.4 Å². The monoisotopic (exact) mass is 258 g/mol. The Hall–Kier alpha value is -1.91. The molecule has 1 heterocycles. The van der Waals surface area contributed by atoms with Crippen molar-refractivity contribution < 1.29 is 9.84 Å². The van der Waals surface area contributed by atoms with Gasteiger partial charge in [-0.15, -0.1) is 0 Å². The quantitative estimate of drug-likeness (QED) is 0.864. The predicted octanol–water partition coefficient (Wildman–Crippen LogP) is 2.43. The molecule has 0 aliphatic carbocycles. The van der Waals surface area contributed by atoms with Gasteiger partial charge in [0, 0.05) is 12.6 Å². The second-order valence-corrected chi connectivity index (χ2v) is 4.43. The molecule has 0 aliphatic rings. The summed E-state index contributed by atoms with van der Waals surface area (Å²) in [5.74, 6) is 1.43. The molecule has 100 valence electrons. The van der Waals surface area contributed by atoms with Crippen LogP contribution in [0.3, 0.4) is 0 Å². The molecule has 1 unspecified atom stereocenters. The highest BCUT2D eigenvalue weighted by atomic mass is 16.5. The van der Waals surface area contributed by atoms with Gasteiger partial charge in [0.05, 0.1) is 11.9 Å². The standard InChI is InChI=1S/C15H18N2O2/c1-11(16)15-7-6-14(10-17-15)19-13-4-2-12(3-5-13)8-9-18/h2-7,10-11,18H,8-9,16H2,1H3. The Morgan fingerprint density at radius 3 is 2.37 bits per heavy atom. The van der Waals surface area contributed by atoms with Crippen LogP contribution in [0.15, 0.2) is 42.6 Å². The van der Waals surface area contributed by atoms with Crippen LogP contribution < -0.4 is 10.5 Å². The zero-order valence-corrected chi connectivity index (χ0v) is 10.9. The van der Waals surface area contributed by atoms with Crippen LogP contribution in [0.25, 0.3) is 0 Å². The van der Waals surface area contributed by atoms with Gasteiger partial charge in [0.25, 0.3) is 0 Å². The number of aliphatic hydroxyl groups excluding tert-OH is 1. The number of rotatable bonds is 5. The molecular weight excluding hydrogens is 240 g/mol. The maximum Gasteiger partial charge on any atom is 0.145 e. The molecule has 4 nitrogen and oxygen atoms in total. The molecule has 2 rings (SSSR count). The number of aromatic nitrogens is 1. The fourth-order valence-corrected chi connectivity index (χ4v) is 1.71. The summed E-state index contributed by atoms with van der Waals surface area (Å²) in [6.07, 6.45) is 2.32. The molecule has 1 aromatic carbocycles. The molecule has 2 aromatic rings. The van der Waals surface area contributed by atoms with E-state index in [1.807, 2.05) is 43.3 Å². The predicted molar refractivity (Wildman–Crippen MR) is 74.1 cm³/mol. The van der Waals surface area contributed by atoms with E-state index >= 15 is 0 Å². The first kappa shape index (κ1) is 13.5. The number of ether oxygens (including phenoxy) is 1. The lowest BCUT2D eigenvalue weighted by Crippen LogP contribution is -2.06. The van der Waals surface area contributed by atoms with E-state index in [1.165, 1.54) is 0 Å². The molecule has 0 bridgehead atoms. The molecule has 0 spiro atoms. The lowest BCUT2D eigenvalue weighted by molar-refractivity contribution is 0.299. The topological polar surface area (TPSA) is 68.4 Å². The highest BCUT2D eigenvalue weighted by Crippen LogP contribution is 2.21. The minimum Gasteiger partial charge on any atom is -0.456 e. The fourth-order valence-electron chi connectivity index (χ4n) is 1.71. The molecule has 1 aromatic heterocycles. The molecule has 0 fully saturated rings. The molecule has 19 heavy (non-hydrogen) atoms. The Morgan fingerprint density at radius 2 is 1.84 bits per heavy atom. The SMILES string of the molecule is CC(N)c1ccc(Oc2ccc(CCO)cc2)cn1. The molecule has 0 amide bonds. The van der Waals surface area contributed by atoms with Gasteiger partial charge < -0.3 is 15.6 Å². The van der Waals surface area contributed by atoms with Crippen molar-refractivity contribution in [2.75, 3.05) is 6.61 Å². The summed E-state index contributed by atoms with van der Waals surface area (Å²) in [6, 6.07) is 11.3. The number of hydrogen-bond acceptors (Lipinski definition) is 4. The highest BCUT2D eigenvalue weighted by molar-refractivity contribution is 5.32. The van der Waals surface area contributed by atoms with Gasteiger partial charge in [0.15, 0.2) is 0 Å². The van der Waals surface area contributed by atoms with Crippen molar-refractivity contribution in [2.24, 2.45) is 5.73 Å². The molecule has 0 radical (unpaired) electrons. The van der Waals surface area contributed by atoms with Gasteiger partial charge >= 0.3 is 0 Å². The first-order valence-corrected chi connectivity index (χ1v) is 6.28. The van der Waals surface area contributed by atoms with E-state index < -0.39 is 0 Å². The summed E-state index contributed by atoms with van der Waals surface area (Å²) in [5, 5.41) is 8.85. The Balaban J connectivity index is 2.04. The molecule has 0 saturated heterocycles. The normalized spacial score (nSPS) is 12.2. The Bertz CT molecular complexity index is 507. The van der Waals surface area contributed by atoms with E-state index in [9.17, 15) is 0 Å². The number of pyridine rings is 1. The van der Waals surface area contributed by atoms with Gasteiger partial charge in [-0.2, -0.15) is 0 Å². The zero-order valence-electron chi connectivity index (χ0n) is 10.9. The van der Waals surface area contributed by atoms with Crippen LogP contribution >= 0.6 is 0 Å². The second-order valence-electron chi connectivity index (χ2n) is 4.43. The number of nitrogens with two attached hydrogens (primary N) is 1. The minimum absolute atomic E-state index is 0.0770. The Kier molecular flexibility index (Phi) is 4.49. The summed E-state index contributed by atoms with van der Waals surface area (Å²) in [6.45, 7) is 2.05. The van der Waals surface area contributed by atoms with Crippen molar-refractivity contribution in [3.05, 3.63) is 53.9 Å². The van der Waals surface area contributed by atoms with Crippen molar-refractivity contribution in [1.82, 2.24) is 4.98 Å². The maximum absolute atomic E-state index is 8.85. The Labute approximate surface area is 112 Å². The van der Waals surface area contributed by atoms with Crippen LogP contribution in [-0.4, -0.2) is 16.7 Å². The smallest absolute Gasteiger partial charge is 0.145 e. The summed E-state index contributed by atoms with van der Waals surface area (Å²) in [5.41, 5.74) is 7.66. The van der Waals surface area contributed by atoms with Crippen LogP contribution in [0.5, 0.6) is 11.5 Å². The van der Waals surface area contributed by atoms with Crippen molar-refractivity contribution in [1.29, 1.82) is 0 Å². The van der Waals surface area contributed by atoms with Crippen LogP contribution in [0.1, 0.15) is 24.2 Å². The third-order valence-electron chi connectivity index (χ3n) is 2.79. The van der Waals surface area contributed by atoms with Crippen molar-refractivity contribution >= 4 is 0 Å². The van der Waals surface area contributed by atoms with E-state index in [1.54, 1.807) is 6.20 Å². The lowest BCUT2D eigenvalue weighted by atomic mass is 10.1. The van der Waals surface area contributed by atoms with Crippen molar-refractivity contribution in [3.63, 3.8) is 0 Å². The van der Waals surface area contributed by atoms with Crippen molar-refractivity contribution in [3.8, 4) is 11.5 Å². The van der Waals surface area contributed by atoms with Gasteiger partial charge in [-0.05, 0) is 43.2 Å². The number of benzene rings is 1. The molecule has 0 saturated carbocycles. The van der Waals surface area contributed by atoms with E-state index in [0.29, 0.717) is 12.2 Å². The largest absolute Gasteiger partial charge is 0.456 e. The number of nitrogens with zero attached hydrogens (tertiary/aromatic N) is 1.